The van der Waals surface area contributed by atoms with Gasteiger partial charge >= 0.3 is 5.97 Å². The second kappa shape index (κ2) is 5.82. The number of halogens is 2. The van der Waals surface area contributed by atoms with Crippen molar-refractivity contribution in [3.05, 3.63) is 34.6 Å². The third-order valence-electron chi connectivity index (χ3n) is 2.35. The third kappa shape index (κ3) is 3.43. The van der Waals surface area contributed by atoms with E-state index < -0.39 is 24.2 Å². The Morgan fingerprint density at radius 1 is 1.44 bits per heavy atom. The lowest BCUT2D eigenvalue weighted by Gasteiger charge is -2.25. The number of carboxylic acids is 1. The van der Waals surface area contributed by atoms with Crippen molar-refractivity contribution in [2.45, 2.75) is 19.9 Å². The van der Waals surface area contributed by atoms with Gasteiger partial charge in [0.05, 0.1) is 10.6 Å². The van der Waals surface area contributed by atoms with Gasteiger partial charge in [-0.1, -0.05) is 11.6 Å². The van der Waals surface area contributed by atoms with E-state index >= 15 is 0 Å². The molecule has 0 saturated carbocycles. The Morgan fingerprint density at radius 3 is 2.50 bits per heavy atom. The van der Waals surface area contributed by atoms with Gasteiger partial charge in [-0.25, -0.2) is 4.39 Å². The molecule has 0 aromatic heterocycles. The average Bonchev–Trinajstić information content (AvgIpc) is 2.24. The van der Waals surface area contributed by atoms with Crippen LogP contribution in [0.2, 0.25) is 5.02 Å². The van der Waals surface area contributed by atoms with E-state index in [0.29, 0.717) is 0 Å². The summed E-state index contributed by atoms with van der Waals surface area (Å²) in [7, 11) is 0. The Labute approximate surface area is 109 Å². The standard InChI is InChI=1S/C12H13ClFNO3/c1-7(2)15(6-11(16)17)12(18)9-4-3-8(14)5-10(9)13/h3-5,7H,6H2,1-2H3,(H,16,17). The second-order valence-corrected chi connectivity index (χ2v) is 4.45. The van der Waals surface area contributed by atoms with Crippen molar-refractivity contribution in [3.8, 4) is 0 Å². The van der Waals surface area contributed by atoms with Crippen molar-refractivity contribution in [1.82, 2.24) is 4.90 Å². The molecule has 18 heavy (non-hydrogen) atoms. The predicted octanol–water partition coefficient (Wildman–Crippen LogP) is 2.41. The zero-order valence-corrected chi connectivity index (χ0v) is 10.7. The average molecular weight is 274 g/mol. The van der Waals surface area contributed by atoms with Gasteiger partial charge in [0.2, 0.25) is 0 Å². The molecule has 1 N–H and O–H groups in total. The van der Waals surface area contributed by atoms with Gasteiger partial charge in [-0.2, -0.15) is 0 Å². The Hall–Kier alpha value is -1.62. The lowest BCUT2D eigenvalue weighted by atomic mass is 10.1. The number of hydrogen-bond acceptors (Lipinski definition) is 2. The highest BCUT2D eigenvalue weighted by molar-refractivity contribution is 6.33. The Kier molecular flexibility index (Phi) is 4.67. The summed E-state index contributed by atoms with van der Waals surface area (Å²) in [6, 6.07) is 3.08. The van der Waals surface area contributed by atoms with Crippen molar-refractivity contribution in [2.75, 3.05) is 6.54 Å². The van der Waals surface area contributed by atoms with E-state index in [1.54, 1.807) is 13.8 Å². The highest BCUT2D eigenvalue weighted by Gasteiger charge is 2.23. The maximum atomic E-state index is 12.9. The van der Waals surface area contributed by atoms with Crippen LogP contribution in [0.1, 0.15) is 24.2 Å². The summed E-state index contributed by atoms with van der Waals surface area (Å²) in [5.41, 5.74) is 0.0908. The maximum absolute atomic E-state index is 12.9. The molecule has 1 aromatic carbocycles. The first kappa shape index (κ1) is 14.4. The molecule has 0 atom stereocenters. The largest absolute Gasteiger partial charge is 0.480 e. The SMILES string of the molecule is CC(C)N(CC(=O)O)C(=O)c1ccc(F)cc1Cl. The first-order valence-electron chi connectivity index (χ1n) is 5.30. The molecule has 4 nitrogen and oxygen atoms in total. The van der Waals surface area contributed by atoms with E-state index in [1.807, 2.05) is 0 Å². The number of amides is 1. The minimum atomic E-state index is -1.12. The Morgan fingerprint density at radius 2 is 2.06 bits per heavy atom. The van der Waals surface area contributed by atoms with E-state index in [2.05, 4.69) is 0 Å². The van der Waals surface area contributed by atoms with Crippen LogP contribution >= 0.6 is 11.6 Å². The Bertz CT molecular complexity index is 476. The number of hydrogen-bond donors (Lipinski definition) is 1. The highest BCUT2D eigenvalue weighted by Crippen LogP contribution is 2.20. The van der Waals surface area contributed by atoms with Crippen LogP contribution in [-0.2, 0) is 4.79 Å². The minimum absolute atomic E-state index is 0.0314. The van der Waals surface area contributed by atoms with Crippen LogP contribution in [0, 0.1) is 5.82 Å². The smallest absolute Gasteiger partial charge is 0.323 e. The summed E-state index contributed by atoms with van der Waals surface area (Å²) in [4.78, 5) is 24.0. The summed E-state index contributed by atoms with van der Waals surface area (Å²) in [6.45, 7) is 2.96. The van der Waals surface area contributed by atoms with Crippen molar-refractivity contribution >= 4 is 23.5 Å². The van der Waals surface area contributed by atoms with E-state index in [-0.39, 0.29) is 16.6 Å². The number of carboxylic acid groups (broad SMARTS) is 1. The zero-order valence-electron chi connectivity index (χ0n) is 9.98. The van der Waals surface area contributed by atoms with Gasteiger partial charge in [0, 0.05) is 6.04 Å². The fourth-order valence-electron chi connectivity index (χ4n) is 1.45. The summed E-state index contributed by atoms with van der Waals surface area (Å²) < 4.78 is 12.9. The van der Waals surface area contributed by atoms with Gasteiger partial charge in [0.1, 0.15) is 12.4 Å². The van der Waals surface area contributed by atoms with E-state index in [4.69, 9.17) is 16.7 Å². The van der Waals surface area contributed by atoms with Crippen LogP contribution in [0.3, 0.4) is 0 Å². The molecule has 0 heterocycles. The van der Waals surface area contributed by atoms with Gasteiger partial charge in [-0.05, 0) is 32.0 Å². The van der Waals surface area contributed by atoms with Crippen molar-refractivity contribution in [1.29, 1.82) is 0 Å². The zero-order chi connectivity index (χ0) is 13.9. The molecule has 0 spiro atoms. The van der Waals surface area contributed by atoms with E-state index in [1.165, 1.54) is 6.07 Å². The van der Waals surface area contributed by atoms with Crippen LogP contribution in [-0.4, -0.2) is 34.5 Å². The molecule has 0 unspecified atom stereocenters. The van der Waals surface area contributed by atoms with Gasteiger partial charge in [0.25, 0.3) is 5.91 Å². The molecular formula is C12H13ClFNO3. The summed E-state index contributed by atoms with van der Waals surface area (Å²) in [5, 5.41) is 8.72. The number of carbonyl (C=O) groups excluding carboxylic acids is 1. The van der Waals surface area contributed by atoms with Gasteiger partial charge in [-0.15, -0.1) is 0 Å². The summed E-state index contributed by atoms with van der Waals surface area (Å²) in [5.74, 6) is -2.20. The first-order chi connectivity index (χ1) is 8.32. The first-order valence-corrected chi connectivity index (χ1v) is 5.68. The fraction of sp³-hybridized carbons (Fsp3) is 0.333. The van der Waals surface area contributed by atoms with Crippen LogP contribution in [0.5, 0.6) is 0 Å². The van der Waals surface area contributed by atoms with E-state index in [0.717, 1.165) is 17.0 Å². The third-order valence-corrected chi connectivity index (χ3v) is 2.66. The number of carbonyl (C=O) groups is 2. The minimum Gasteiger partial charge on any atom is -0.480 e. The molecule has 1 rings (SSSR count). The molecule has 1 aromatic rings. The molecular weight excluding hydrogens is 261 g/mol. The van der Waals surface area contributed by atoms with Gasteiger partial charge in [-0.3, -0.25) is 9.59 Å². The van der Waals surface area contributed by atoms with Crippen molar-refractivity contribution < 1.29 is 19.1 Å². The number of nitrogens with zero attached hydrogens (tertiary/aromatic N) is 1. The molecule has 0 saturated heterocycles. The van der Waals surface area contributed by atoms with Crippen molar-refractivity contribution in [2.24, 2.45) is 0 Å². The second-order valence-electron chi connectivity index (χ2n) is 4.04. The lowest BCUT2D eigenvalue weighted by Crippen LogP contribution is -2.40. The molecule has 0 aliphatic heterocycles. The molecule has 0 bridgehead atoms. The summed E-state index contributed by atoms with van der Waals surface area (Å²) in [6.07, 6.45) is 0. The number of aliphatic carboxylic acids is 1. The topological polar surface area (TPSA) is 57.6 Å². The molecule has 0 radical (unpaired) electrons. The number of benzene rings is 1. The molecule has 0 fully saturated rings. The maximum Gasteiger partial charge on any atom is 0.323 e. The summed E-state index contributed by atoms with van der Waals surface area (Å²) >= 11 is 5.77. The van der Waals surface area contributed by atoms with Crippen LogP contribution < -0.4 is 0 Å². The van der Waals surface area contributed by atoms with Crippen LogP contribution in [0.25, 0.3) is 0 Å². The predicted molar refractivity (Wildman–Crippen MR) is 65.2 cm³/mol. The highest BCUT2D eigenvalue weighted by atomic mass is 35.5. The quantitative estimate of drug-likeness (QED) is 0.916. The monoisotopic (exact) mass is 273 g/mol. The van der Waals surface area contributed by atoms with Gasteiger partial charge < -0.3 is 10.0 Å². The fourth-order valence-corrected chi connectivity index (χ4v) is 1.70. The molecule has 0 aliphatic rings. The normalized spacial score (nSPS) is 10.5. The van der Waals surface area contributed by atoms with Crippen LogP contribution in [0.4, 0.5) is 4.39 Å². The van der Waals surface area contributed by atoms with Crippen molar-refractivity contribution in [3.63, 3.8) is 0 Å². The number of rotatable bonds is 4. The molecule has 98 valence electrons. The molecule has 1 amide bonds. The van der Waals surface area contributed by atoms with Gasteiger partial charge in [0.15, 0.2) is 0 Å². The molecule has 0 aliphatic carbocycles. The lowest BCUT2D eigenvalue weighted by molar-refractivity contribution is -0.138. The van der Waals surface area contributed by atoms with Crippen LogP contribution in [0.15, 0.2) is 18.2 Å². The molecule has 6 heteroatoms. The van der Waals surface area contributed by atoms with E-state index in [9.17, 15) is 14.0 Å². The Balaban J connectivity index is 3.05.